The van der Waals surface area contributed by atoms with Gasteiger partial charge in [0.2, 0.25) is 5.91 Å². The Morgan fingerprint density at radius 1 is 1.31 bits per heavy atom. The van der Waals surface area contributed by atoms with Crippen LogP contribution in [0.25, 0.3) is 0 Å². The molecule has 0 radical (unpaired) electrons. The predicted octanol–water partition coefficient (Wildman–Crippen LogP) is 3.53. The molecule has 88 valence electrons. The number of nitrogens with one attached hydrogen (secondary N) is 1. The molecular formula is C12H15Cl2NO. The molecule has 1 atom stereocenters. The molecule has 0 saturated heterocycles. The van der Waals surface area contributed by atoms with Crippen LogP contribution in [0.1, 0.15) is 31.7 Å². The molecule has 1 amide bonds. The topological polar surface area (TPSA) is 29.1 Å². The van der Waals surface area contributed by atoms with E-state index in [0.717, 1.165) is 0 Å². The van der Waals surface area contributed by atoms with Crippen LogP contribution >= 0.6 is 23.2 Å². The molecule has 0 spiro atoms. The van der Waals surface area contributed by atoms with Crippen LogP contribution in [0.5, 0.6) is 0 Å². The van der Waals surface area contributed by atoms with Crippen LogP contribution in [0.3, 0.4) is 0 Å². The summed E-state index contributed by atoms with van der Waals surface area (Å²) in [6, 6.07) is 7.08. The summed E-state index contributed by atoms with van der Waals surface area (Å²) in [4.78, 5) is 11.8. The van der Waals surface area contributed by atoms with Crippen LogP contribution in [-0.2, 0) is 4.79 Å². The summed E-state index contributed by atoms with van der Waals surface area (Å²) in [6.07, 6.45) is 0. The smallest absolute Gasteiger partial charge is 0.243 e. The largest absolute Gasteiger partial charge is 0.350 e. The zero-order chi connectivity index (χ0) is 12.3. The average Bonchev–Trinajstić information content (AvgIpc) is 2.15. The number of carbonyl (C=O) groups excluding carboxylic acids is 1. The number of benzene rings is 1. The normalized spacial score (nSPS) is 13.3. The van der Waals surface area contributed by atoms with Gasteiger partial charge in [-0.25, -0.2) is 0 Å². The molecule has 0 aromatic heterocycles. The monoisotopic (exact) mass is 259 g/mol. The molecule has 1 N–H and O–H groups in total. The van der Waals surface area contributed by atoms with E-state index in [0.29, 0.717) is 10.6 Å². The Morgan fingerprint density at radius 3 is 2.38 bits per heavy atom. The average molecular weight is 260 g/mol. The van der Waals surface area contributed by atoms with Crippen molar-refractivity contribution < 1.29 is 4.79 Å². The van der Waals surface area contributed by atoms with E-state index in [1.54, 1.807) is 24.3 Å². The third kappa shape index (κ3) is 3.69. The summed E-state index contributed by atoms with van der Waals surface area (Å²) in [7, 11) is 0. The Kier molecular flexibility index (Phi) is 4.22. The van der Waals surface area contributed by atoms with Gasteiger partial charge in [-0.15, -0.1) is 11.6 Å². The van der Waals surface area contributed by atoms with Crippen molar-refractivity contribution in [3.05, 3.63) is 34.9 Å². The van der Waals surface area contributed by atoms with Gasteiger partial charge in [-0.05, 0) is 32.4 Å². The van der Waals surface area contributed by atoms with Crippen LogP contribution < -0.4 is 5.32 Å². The zero-order valence-electron chi connectivity index (χ0n) is 9.55. The number of hydrogen-bond donors (Lipinski definition) is 1. The molecule has 1 unspecified atom stereocenters. The molecule has 0 heterocycles. The van der Waals surface area contributed by atoms with Gasteiger partial charge in [0.1, 0.15) is 5.38 Å². The maximum Gasteiger partial charge on any atom is 0.243 e. The third-order valence-electron chi connectivity index (χ3n) is 1.91. The highest BCUT2D eigenvalue weighted by Crippen LogP contribution is 2.28. The maximum atomic E-state index is 11.8. The van der Waals surface area contributed by atoms with E-state index in [9.17, 15) is 4.79 Å². The first-order valence-corrected chi connectivity index (χ1v) is 5.83. The lowest BCUT2D eigenvalue weighted by atomic mass is 10.1. The minimum Gasteiger partial charge on any atom is -0.350 e. The molecule has 0 fully saturated rings. The van der Waals surface area contributed by atoms with Crippen LogP contribution in [0.15, 0.2) is 24.3 Å². The first-order valence-electron chi connectivity index (χ1n) is 5.02. The van der Waals surface area contributed by atoms with Crippen molar-refractivity contribution in [2.24, 2.45) is 0 Å². The standard InChI is InChI=1S/C12H15Cl2NO/c1-12(2,3)15-11(16)10(14)8-6-4-5-7-9(8)13/h4-7,10H,1-3H3,(H,15,16). The first kappa shape index (κ1) is 13.3. The minimum atomic E-state index is -0.757. The van der Waals surface area contributed by atoms with E-state index >= 15 is 0 Å². The molecule has 1 aromatic carbocycles. The summed E-state index contributed by atoms with van der Waals surface area (Å²) >= 11 is 12.0. The molecule has 0 saturated carbocycles. The second kappa shape index (κ2) is 5.07. The molecule has 0 aliphatic rings. The Labute approximate surface area is 106 Å². The molecule has 0 bridgehead atoms. The van der Waals surface area contributed by atoms with E-state index in [1.807, 2.05) is 20.8 Å². The quantitative estimate of drug-likeness (QED) is 0.810. The lowest BCUT2D eigenvalue weighted by Gasteiger charge is -2.22. The van der Waals surface area contributed by atoms with Gasteiger partial charge in [-0.3, -0.25) is 4.79 Å². The van der Waals surface area contributed by atoms with Gasteiger partial charge in [0, 0.05) is 10.6 Å². The van der Waals surface area contributed by atoms with Gasteiger partial charge < -0.3 is 5.32 Å². The van der Waals surface area contributed by atoms with Crippen molar-refractivity contribution >= 4 is 29.1 Å². The summed E-state index contributed by atoms with van der Waals surface area (Å²) in [5.41, 5.74) is 0.332. The van der Waals surface area contributed by atoms with Crippen molar-refractivity contribution in [1.29, 1.82) is 0 Å². The highest BCUT2D eigenvalue weighted by molar-refractivity contribution is 6.35. The van der Waals surface area contributed by atoms with Gasteiger partial charge in [0.05, 0.1) is 0 Å². The van der Waals surface area contributed by atoms with E-state index < -0.39 is 5.38 Å². The summed E-state index contributed by atoms with van der Waals surface area (Å²) in [5.74, 6) is -0.234. The van der Waals surface area contributed by atoms with Gasteiger partial charge in [-0.1, -0.05) is 29.8 Å². The highest BCUT2D eigenvalue weighted by atomic mass is 35.5. The molecule has 2 nitrogen and oxygen atoms in total. The number of alkyl halides is 1. The predicted molar refractivity (Wildman–Crippen MR) is 67.9 cm³/mol. The molecule has 16 heavy (non-hydrogen) atoms. The molecule has 0 aliphatic carbocycles. The third-order valence-corrected chi connectivity index (χ3v) is 2.68. The first-order chi connectivity index (χ1) is 7.31. The number of halogens is 2. The van der Waals surface area contributed by atoms with Crippen LogP contribution in [0, 0.1) is 0 Å². The van der Waals surface area contributed by atoms with E-state index in [2.05, 4.69) is 5.32 Å². The fraction of sp³-hybridized carbons (Fsp3) is 0.417. The van der Waals surface area contributed by atoms with E-state index in [-0.39, 0.29) is 11.4 Å². The molecule has 1 aromatic rings. The number of amides is 1. The molecule has 0 aliphatic heterocycles. The van der Waals surface area contributed by atoms with Crippen molar-refractivity contribution in [3.63, 3.8) is 0 Å². The van der Waals surface area contributed by atoms with Crippen LogP contribution in [0.2, 0.25) is 5.02 Å². The zero-order valence-corrected chi connectivity index (χ0v) is 11.1. The summed E-state index contributed by atoms with van der Waals surface area (Å²) < 4.78 is 0. The van der Waals surface area contributed by atoms with Gasteiger partial charge in [0.15, 0.2) is 0 Å². The minimum absolute atomic E-state index is 0.234. The van der Waals surface area contributed by atoms with Crippen molar-refractivity contribution in [1.82, 2.24) is 5.32 Å². The Morgan fingerprint density at radius 2 is 1.88 bits per heavy atom. The Hall–Kier alpha value is -0.730. The lowest BCUT2D eigenvalue weighted by molar-refractivity contribution is -0.122. The van der Waals surface area contributed by atoms with Gasteiger partial charge in [-0.2, -0.15) is 0 Å². The van der Waals surface area contributed by atoms with Crippen LogP contribution in [0.4, 0.5) is 0 Å². The maximum absolute atomic E-state index is 11.8. The summed E-state index contributed by atoms with van der Waals surface area (Å²) in [5, 5.41) is 2.56. The Balaban J connectivity index is 2.83. The van der Waals surface area contributed by atoms with Gasteiger partial charge in [0.25, 0.3) is 0 Å². The van der Waals surface area contributed by atoms with Gasteiger partial charge >= 0.3 is 0 Å². The SMILES string of the molecule is CC(C)(C)NC(=O)C(Cl)c1ccccc1Cl. The molecule has 4 heteroatoms. The van der Waals surface area contributed by atoms with E-state index in [1.165, 1.54) is 0 Å². The molecule has 1 rings (SSSR count). The van der Waals surface area contributed by atoms with E-state index in [4.69, 9.17) is 23.2 Å². The lowest BCUT2D eigenvalue weighted by Crippen LogP contribution is -2.42. The van der Waals surface area contributed by atoms with Crippen molar-refractivity contribution in [2.75, 3.05) is 0 Å². The van der Waals surface area contributed by atoms with Crippen LogP contribution in [-0.4, -0.2) is 11.4 Å². The number of carbonyl (C=O) groups is 1. The van der Waals surface area contributed by atoms with Crippen molar-refractivity contribution in [3.8, 4) is 0 Å². The Bertz CT molecular complexity index is 385. The fourth-order valence-corrected chi connectivity index (χ4v) is 1.80. The summed E-state index contributed by atoms with van der Waals surface area (Å²) in [6.45, 7) is 5.71. The molecular weight excluding hydrogens is 245 g/mol. The highest BCUT2D eigenvalue weighted by Gasteiger charge is 2.23. The second-order valence-electron chi connectivity index (χ2n) is 4.62. The number of rotatable bonds is 2. The second-order valence-corrected chi connectivity index (χ2v) is 5.47. The number of hydrogen-bond acceptors (Lipinski definition) is 1. The van der Waals surface area contributed by atoms with Crippen molar-refractivity contribution in [2.45, 2.75) is 31.7 Å². The fourth-order valence-electron chi connectivity index (χ4n) is 1.25.